The normalized spacial score (nSPS) is 15.3. The van der Waals surface area contributed by atoms with Gasteiger partial charge in [0, 0.05) is 24.4 Å². The van der Waals surface area contributed by atoms with Gasteiger partial charge in [-0.2, -0.15) is 0 Å². The number of amides is 2. The molecule has 0 radical (unpaired) electrons. The lowest BCUT2D eigenvalue weighted by Gasteiger charge is -2.19. The monoisotopic (exact) mass is 322 g/mol. The SMILES string of the molecule is CC(C)NC(=O)CNC(=O)C[NH+](Cc1ccccc1F)C1CC1. The highest BCUT2D eigenvalue weighted by Gasteiger charge is 2.35. The maximum atomic E-state index is 13.8. The first-order valence-electron chi connectivity index (χ1n) is 8.09. The minimum absolute atomic E-state index is 0.0192. The minimum Gasteiger partial charge on any atom is -0.352 e. The molecule has 0 aliphatic heterocycles. The van der Waals surface area contributed by atoms with Crippen LogP contribution in [0.2, 0.25) is 0 Å². The fraction of sp³-hybridized carbons (Fsp3) is 0.529. The van der Waals surface area contributed by atoms with Gasteiger partial charge in [-0.1, -0.05) is 18.2 Å². The number of halogens is 1. The Labute approximate surface area is 136 Å². The predicted octanol–water partition coefficient (Wildman–Crippen LogP) is 0.0138. The molecule has 0 bridgehead atoms. The average molecular weight is 322 g/mol. The molecule has 1 fully saturated rings. The summed E-state index contributed by atoms with van der Waals surface area (Å²) in [7, 11) is 0. The molecule has 3 N–H and O–H groups in total. The number of hydrogen-bond donors (Lipinski definition) is 3. The van der Waals surface area contributed by atoms with E-state index in [0.717, 1.165) is 17.7 Å². The molecule has 0 spiro atoms. The van der Waals surface area contributed by atoms with E-state index in [1.807, 2.05) is 13.8 Å². The Morgan fingerprint density at radius 3 is 2.57 bits per heavy atom. The molecule has 1 aromatic rings. The van der Waals surface area contributed by atoms with Gasteiger partial charge >= 0.3 is 0 Å². The summed E-state index contributed by atoms with van der Waals surface area (Å²) < 4.78 is 13.8. The lowest BCUT2D eigenvalue weighted by atomic mass is 10.2. The maximum absolute atomic E-state index is 13.8. The van der Waals surface area contributed by atoms with Crippen LogP contribution in [0.25, 0.3) is 0 Å². The lowest BCUT2D eigenvalue weighted by molar-refractivity contribution is -0.917. The van der Waals surface area contributed by atoms with Crippen molar-refractivity contribution >= 4 is 11.8 Å². The largest absolute Gasteiger partial charge is 0.352 e. The first-order valence-corrected chi connectivity index (χ1v) is 8.09. The topological polar surface area (TPSA) is 62.6 Å². The van der Waals surface area contributed by atoms with Crippen molar-refractivity contribution < 1.29 is 18.9 Å². The number of carbonyl (C=O) groups excluding carboxylic acids is 2. The van der Waals surface area contributed by atoms with Crippen LogP contribution in [-0.4, -0.2) is 37.0 Å². The first-order chi connectivity index (χ1) is 11.0. The third-order valence-corrected chi connectivity index (χ3v) is 3.81. The van der Waals surface area contributed by atoms with Gasteiger partial charge in [0.1, 0.15) is 12.4 Å². The highest BCUT2D eigenvalue weighted by atomic mass is 19.1. The second kappa shape index (κ2) is 8.06. The maximum Gasteiger partial charge on any atom is 0.275 e. The van der Waals surface area contributed by atoms with E-state index in [9.17, 15) is 14.0 Å². The Morgan fingerprint density at radius 2 is 1.96 bits per heavy atom. The first kappa shape index (κ1) is 17.4. The summed E-state index contributed by atoms with van der Waals surface area (Å²) in [6.07, 6.45) is 2.12. The summed E-state index contributed by atoms with van der Waals surface area (Å²) in [6, 6.07) is 7.12. The number of hydrogen-bond acceptors (Lipinski definition) is 2. The third kappa shape index (κ3) is 5.98. The molecule has 5 nitrogen and oxygen atoms in total. The second-order valence-corrected chi connectivity index (χ2v) is 6.38. The summed E-state index contributed by atoms with van der Waals surface area (Å²) in [5.74, 6) is -0.611. The Hall–Kier alpha value is -1.95. The van der Waals surface area contributed by atoms with Crippen LogP contribution in [0.1, 0.15) is 32.3 Å². The van der Waals surface area contributed by atoms with Gasteiger partial charge in [0.2, 0.25) is 5.91 Å². The van der Waals surface area contributed by atoms with Gasteiger partial charge in [0.05, 0.1) is 12.6 Å². The van der Waals surface area contributed by atoms with Gasteiger partial charge in [-0.25, -0.2) is 4.39 Å². The van der Waals surface area contributed by atoms with Gasteiger partial charge in [-0.15, -0.1) is 0 Å². The number of carbonyl (C=O) groups is 2. The zero-order valence-corrected chi connectivity index (χ0v) is 13.7. The molecule has 6 heteroatoms. The zero-order valence-electron chi connectivity index (χ0n) is 13.7. The van der Waals surface area contributed by atoms with E-state index in [1.165, 1.54) is 6.07 Å². The molecule has 1 atom stereocenters. The molecule has 2 rings (SSSR count). The van der Waals surface area contributed by atoms with Crippen LogP contribution < -0.4 is 15.5 Å². The van der Waals surface area contributed by atoms with Crippen LogP contribution in [0.3, 0.4) is 0 Å². The van der Waals surface area contributed by atoms with Crippen LogP contribution in [0.4, 0.5) is 4.39 Å². The molecule has 1 aliphatic rings. The second-order valence-electron chi connectivity index (χ2n) is 6.38. The van der Waals surface area contributed by atoms with E-state index in [2.05, 4.69) is 10.6 Å². The van der Waals surface area contributed by atoms with Crippen LogP contribution in [0, 0.1) is 5.82 Å². The van der Waals surface area contributed by atoms with Gasteiger partial charge in [0.25, 0.3) is 5.91 Å². The molecule has 2 amide bonds. The standard InChI is InChI=1S/C17H24FN3O2/c1-12(2)20-16(22)9-19-17(23)11-21(14-7-8-14)10-13-5-3-4-6-15(13)18/h3-6,12,14H,7-11H2,1-2H3,(H,19,23)(H,20,22)/p+1. The van der Waals surface area contributed by atoms with E-state index < -0.39 is 0 Å². The molecular weight excluding hydrogens is 297 g/mol. The molecule has 1 aliphatic carbocycles. The van der Waals surface area contributed by atoms with Crippen molar-refractivity contribution in [2.45, 2.75) is 45.3 Å². The van der Waals surface area contributed by atoms with Crippen molar-refractivity contribution in [3.8, 4) is 0 Å². The summed E-state index contributed by atoms with van der Waals surface area (Å²) >= 11 is 0. The number of rotatable bonds is 8. The summed E-state index contributed by atoms with van der Waals surface area (Å²) in [6.45, 7) is 4.46. The van der Waals surface area contributed by atoms with Crippen LogP contribution in [0.15, 0.2) is 24.3 Å². The summed E-state index contributed by atoms with van der Waals surface area (Å²) in [5.41, 5.74) is 0.625. The van der Waals surface area contributed by atoms with E-state index in [0.29, 0.717) is 18.2 Å². The van der Waals surface area contributed by atoms with Gasteiger partial charge in [0.15, 0.2) is 6.54 Å². The van der Waals surface area contributed by atoms with E-state index >= 15 is 0 Å². The number of quaternary nitrogens is 1. The Bertz CT molecular complexity index is 559. The molecule has 0 aromatic heterocycles. The molecule has 1 unspecified atom stereocenters. The van der Waals surface area contributed by atoms with Gasteiger partial charge in [-0.05, 0) is 19.9 Å². The van der Waals surface area contributed by atoms with E-state index in [1.54, 1.807) is 18.2 Å². The van der Waals surface area contributed by atoms with Crippen molar-refractivity contribution in [3.05, 3.63) is 35.6 Å². The Kier molecular flexibility index (Phi) is 6.10. The fourth-order valence-corrected chi connectivity index (χ4v) is 2.55. The van der Waals surface area contributed by atoms with Crippen molar-refractivity contribution in [1.29, 1.82) is 0 Å². The summed E-state index contributed by atoms with van der Waals surface area (Å²) in [5, 5.41) is 5.36. The van der Waals surface area contributed by atoms with Gasteiger partial charge < -0.3 is 15.5 Å². The van der Waals surface area contributed by atoms with E-state index in [-0.39, 0.29) is 36.8 Å². The smallest absolute Gasteiger partial charge is 0.275 e. The average Bonchev–Trinajstić information content (AvgIpc) is 3.30. The van der Waals surface area contributed by atoms with Crippen molar-refractivity contribution in [2.75, 3.05) is 13.1 Å². The highest BCUT2D eigenvalue weighted by Crippen LogP contribution is 2.16. The van der Waals surface area contributed by atoms with Crippen molar-refractivity contribution in [1.82, 2.24) is 10.6 Å². The molecule has 0 heterocycles. The predicted molar refractivity (Wildman–Crippen MR) is 85.2 cm³/mol. The molecule has 1 aromatic carbocycles. The highest BCUT2D eigenvalue weighted by molar-refractivity contribution is 5.85. The molecular formula is C17H25FN3O2+. The van der Waals surface area contributed by atoms with Crippen LogP contribution >= 0.6 is 0 Å². The van der Waals surface area contributed by atoms with Crippen molar-refractivity contribution in [3.63, 3.8) is 0 Å². The molecule has 126 valence electrons. The fourth-order valence-electron chi connectivity index (χ4n) is 2.55. The Morgan fingerprint density at radius 1 is 1.26 bits per heavy atom. The number of benzene rings is 1. The lowest BCUT2D eigenvalue weighted by Crippen LogP contribution is -3.13. The zero-order chi connectivity index (χ0) is 16.8. The van der Waals surface area contributed by atoms with E-state index in [4.69, 9.17) is 0 Å². The quantitative estimate of drug-likeness (QED) is 0.632. The molecule has 1 saturated carbocycles. The van der Waals surface area contributed by atoms with Gasteiger partial charge in [-0.3, -0.25) is 9.59 Å². The number of nitrogens with one attached hydrogen (secondary N) is 3. The molecule has 23 heavy (non-hydrogen) atoms. The minimum atomic E-state index is -0.234. The molecule has 0 saturated heterocycles. The summed E-state index contributed by atoms with van der Waals surface area (Å²) in [4.78, 5) is 24.6. The Balaban J connectivity index is 1.84. The third-order valence-electron chi connectivity index (χ3n) is 3.81. The van der Waals surface area contributed by atoms with Crippen LogP contribution in [-0.2, 0) is 16.1 Å². The van der Waals surface area contributed by atoms with Crippen molar-refractivity contribution in [2.24, 2.45) is 0 Å². The van der Waals surface area contributed by atoms with Crippen LogP contribution in [0.5, 0.6) is 0 Å².